The average molecular weight is 291 g/mol. The standard InChI is InChI=1S/C15H21N3OS/c20-15(16-13-4-2-1-3-5-13)18-7-6-14(12-18)17-8-10-19-11-9-17/h1-5,14H,6-12H2,(H,16,20). The highest BCUT2D eigenvalue weighted by Gasteiger charge is 2.29. The quantitative estimate of drug-likeness (QED) is 0.839. The Balaban J connectivity index is 1.52. The van der Waals surface area contributed by atoms with Crippen molar-refractivity contribution in [1.82, 2.24) is 9.80 Å². The minimum atomic E-state index is 0.620. The topological polar surface area (TPSA) is 27.7 Å². The number of ether oxygens (including phenoxy) is 1. The Bertz CT molecular complexity index is 448. The van der Waals surface area contributed by atoms with Crippen LogP contribution >= 0.6 is 12.2 Å². The molecule has 0 aromatic heterocycles. The fourth-order valence-electron chi connectivity index (χ4n) is 2.89. The normalized spacial score (nSPS) is 23.8. The van der Waals surface area contributed by atoms with Crippen LogP contribution < -0.4 is 5.32 Å². The van der Waals surface area contributed by atoms with Crippen LogP contribution in [0.15, 0.2) is 30.3 Å². The molecule has 1 unspecified atom stereocenters. The van der Waals surface area contributed by atoms with Gasteiger partial charge >= 0.3 is 0 Å². The van der Waals surface area contributed by atoms with Crippen LogP contribution in [0.3, 0.4) is 0 Å². The van der Waals surface area contributed by atoms with Crippen LogP contribution in [0.5, 0.6) is 0 Å². The van der Waals surface area contributed by atoms with E-state index in [1.807, 2.05) is 30.3 Å². The molecule has 0 amide bonds. The minimum absolute atomic E-state index is 0.620. The predicted molar refractivity (Wildman–Crippen MR) is 85.0 cm³/mol. The number of hydrogen-bond donors (Lipinski definition) is 1. The van der Waals surface area contributed by atoms with E-state index in [0.29, 0.717) is 6.04 Å². The van der Waals surface area contributed by atoms with Gasteiger partial charge in [0.1, 0.15) is 0 Å². The van der Waals surface area contributed by atoms with Crippen LogP contribution in [0.2, 0.25) is 0 Å². The van der Waals surface area contributed by atoms with E-state index in [-0.39, 0.29) is 0 Å². The van der Waals surface area contributed by atoms with Crippen molar-refractivity contribution in [3.63, 3.8) is 0 Å². The molecule has 1 aromatic rings. The summed E-state index contributed by atoms with van der Waals surface area (Å²) >= 11 is 5.52. The fourth-order valence-corrected chi connectivity index (χ4v) is 3.17. The highest BCUT2D eigenvalue weighted by atomic mass is 32.1. The van der Waals surface area contributed by atoms with E-state index in [0.717, 1.165) is 50.2 Å². The zero-order valence-electron chi connectivity index (χ0n) is 11.6. The van der Waals surface area contributed by atoms with Gasteiger partial charge in [0.05, 0.1) is 13.2 Å². The van der Waals surface area contributed by atoms with E-state index < -0.39 is 0 Å². The van der Waals surface area contributed by atoms with Crippen LogP contribution in [0.1, 0.15) is 6.42 Å². The molecular weight excluding hydrogens is 270 g/mol. The zero-order chi connectivity index (χ0) is 13.8. The summed E-state index contributed by atoms with van der Waals surface area (Å²) in [5, 5.41) is 4.16. The summed E-state index contributed by atoms with van der Waals surface area (Å²) in [5.41, 5.74) is 1.06. The van der Waals surface area contributed by atoms with Gasteiger partial charge in [-0.3, -0.25) is 4.90 Å². The molecule has 1 N–H and O–H groups in total. The Morgan fingerprint density at radius 1 is 1.15 bits per heavy atom. The van der Waals surface area contributed by atoms with Gasteiger partial charge in [0.25, 0.3) is 0 Å². The average Bonchev–Trinajstić information content (AvgIpc) is 2.99. The van der Waals surface area contributed by atoms with Crippen molar-refractivity contribution in [3.8, 4) is 0 Å². The molecule has 3 rings (SSSR count). The van der Waals surface area contributed by atoms with Crippen LogP contribution in [0.25, 0.3) is 0 Å². The zero-order valence-corrected chi connectivity index (χ0v) is 12.4. The van der Waals surface area contributed by atoms with Crippen molar-refractivity contribution < 1.29 is 4.74 Å². The van der Waals surface area contributed by atoms with E-state index in [9.17, 15) is 0 Å². The Hall–Kier alpha value is -1.17. The summed E-state index contributed by atoms with van der Waals surface area (Å²) in [4.78, 5) is 4.82. The number of nitrogens with one attached hydrogen (secondary N) is 1. The van der Waals surface area contributed by atoms with Gasteiger partial charge in [0, 0.05) is 37.9 Å². The van der Waals surface area contributed by atoms with Gasteiger partial charge in [-0.25, -0.2) is 0 Å². The van der Waals surface area contributed by atoms with Gasteiger partial charge in [-0.1, -0.05) is 18.2 Å². The van der Waals surface area contributed by atoms with Crippen LogP contribution in [-0.4, -0.2) is 60.3 Å². The molecule has 0 saturated carbocycles. The molecule has 5 heteroatoms. The Labute approximate surface area is 125 Å². The number of para-hydroxylation sites is 1. The van der Waals surface area contributed by atoms with Gasteiger partial charge in [0.15, 0.2) is 5.11 Å². The van der Waals surface area contributed by atoms with Gasteiger partial charge < -0.3 is 15.0 Å². The third kappa shape index (κ3) is 3.29. The van der Waals surface area contributed by atoms with E-state index in [1.54, 1.807) is 0 Å². The maximum atomic E-state index is 5.52. The van der Waals surface area contributed by atoms with Gasteiger partial charge in [-0.05, 0) is 30.8 Å². The second kappa shape index (κ2) is 6.52. The largest absolute Gasteiger partial charge is 0.379 e. The van der Waals surface area contributed by atoms with Crippen molar-refractivity contribution in [1.29, 1.82) is 0 Å². The SMILES string of the molecule is S=C(Nc1ccccc1)N1CCC(N2CCOCC2)C1. The van der Waals surface area contributed by atoms with Gasteiger partial charge in [-0.2, -0.15) is 0 Å². The molecule has 2 aliphatic heterocycles. The monoisotopic (exact) mass is 291 g/mol. The molecule has 2 fully saturated rings. The Morgan fingerprint density at radius 3 is 2.65 bits per heavy atom. The second-order valence-electron chi connectivity index (χ2n) is 5.33. The summed E-state index contributed by atoms with van der Waals surface area (Å²) in [7, 11) is 0. The Kier molecular flexibility index (Phi) is 4.50. The van der Waals surface area contributed by atoms with Crippen molar-refractivity contribution in [2.75, 3.05) is 44.7 Å². The molecule has 1 aromatic carbocycles. The van der Waals surface area contributed by atoms with E-state index in [2.05, 4.69) is 15.1 Å². The first kappa shape index (κ1) is 13.8. The van der Waals surface area contributed by atoms with Gasteiger partial charge in [-0.15, -0.1) is 0 Å². The first-order valence-electron chi connectivity index (χ1n) is 7.26. The first-order chi connectivity index (χ1) is 9.83. The third-order valence-electron chi connectivity index (χ3n) is 4.04. The summed E-state index contributed by atoms with van der Waals surface area (Å²) < 4.78 is 5.42. The molecule has 2 saturated heterocycles. The third-order valence-corrected chi connectivity index (χ3v) is 4.40. The molecule has 20 heavy (non-hydrogen) atoms. The first-order valence-corrected chi connectivity index (χ1v) is 7.66. The molecule has 0 bridgehead atoms. The summed E-state index contributed by atoms with van der Waals surface area (Å²) in [6.45, 7) is 5.90. The number of thiocarbonyl (C=S) groups is 1. The molecular formula is C15H21N3OS. The number of anilines is 1. The summed E-state index contributed by atoms with van der Waals surface area (Å²) in [5.74, 6) is 0. The molecule has 4 nitrogen and oxygen atoms in total. The van der Waals surface area contributed by atoms with Crippen LogP contribution in [0.4, 0.5) is 5.69 Å². The smallest absolute Gasteiger partial charge is 0.173 e. The maximum absolute atomic E-state index is 5.52. The van der Waals surface area contributed by atoms with Crippen molar-refractivity contribution in [2.24, 2.45) is 0 Å². The van der Waals surface area contributed by atoms with Crippen molar-refractivity contribution in [2.45, 2.75) is 12.5 Å². The predicted octanol–water partition coefficient (Wildman–Crippen LogP) is 1.79. The van der Waals surface area contributed by atoms with Crippen molar-refractivity contribution in [3.05, 3.63) is 30.3 Å². The van der Waals surface area contributed by atoms with E-state index in [4.69, 9.17) is 17.0 Å². The Morgan fingerprint density at radius 2 is 1.90 bits per heavy atom. The molecule has 1 atom stereocenters. The van der Waals surface area contributed by atoms with Crippen molar-refractivity contribution >= 4 is 23.0 Å². The summed E-state index contributed by atoms with van der Waals surface area (Å²) in [6, 6.07) is 10.8. The highest BCUT2D eigenvalue weighted by molar-refractivity contribution is 7.80. The van der Waals surface area contributed by atoms with E-state index >= 15 is 0 Å². The summed E-state index contributed by atoms with van der Waals surface area (Å²) in [6.07, 6.45) is 1.19. The molecule has 2 heterocycles. The number of hydrogen-bond acceptors (Lipinski definition) is 3. The second-order valence-corrected chi connectivity index (χ2v) is 5.72. The number of benzene rings is 1. The van der Waals surface area contributed by atoms with Crippen LogP contribution in [0, 0.1) is 0 Å². The van der Waals surface area contributed by atoms with E-state index in [1.165, 1.54) is 6.42 Å². The molecule has 0 spiro atoms. The molecule has 0 aliphatic carbocycles. The lowest BCUT2D eigenvalue weighted by Crippen LogP contribution is -2.45. The lowest BCUT2D eigenvalue weighted by Gasteiger charge is -2.32. The maximum Gasteiger partial charge on any atom is 0.173 e. The molecule has 2 aliphatic rings. The number of nitrogens with zero attached hydrogens (tertiary/aromatic N) is 2. The number of likely N-dealkylation sites (tertiary alicyclic amines) is 1. The molecule has 108 valence electrons. The number of rotatable bonds is 2. The van der Waals surface area contributed by atoms with Crippen LogP contribution in [-0.2, 0) is 4.74 Å². The number of morpholine rings is 1. The minimum Gasteiger partial charge on any atom is -0.379 e. The van der Waals surface area contributed by atoms with Gasteiger partial charge in [0.2, 0.25) is 0 Å². The lowest BCUT2D eigenvalue weighted by molar-refractivity contribution is 0.0195. The fraction of sp³-hybridized carbons (Fsp3) is 0.533. The highest BCUT2D eigenvalue weighted by Crippen LogP contribution is 2.18. The lowest BCUT2D eigenvalue weighted by atomic mass is 10.2. The molecule has 0 radical (unpaired) electrons.